The number of aliphatic hydroxyl groups is 1. The molecule has 4 nitrogen and oxygen atoms in total. The summed E-state index contributed by atoms with van der Waals surface area (Å²) in [5.74, 6) is 0.0542. The van der Waals surface area contributed by atoms with Crippen molar-refractivity contribution in [1.82, 2.24) is 0 Å². The van der Waals surface area contributed by atoms with E-state index in [1.165, 1.54) is 18.2 Å². The fourth-order valence-corrected chi connectivity index (χ4v) is 1.55. The van der Waals surface area contributed by atoms with E-state index in [0.29, 0.717) is 10.6 Å². The van der Waals surface area contributed by atoms with Crippen LogP contribution in [-0.2, 0) is 6.42 Å². The normalized spacial score (nSPS) is 12.8. The molecular weight excluding hydrogens is 230 g/mol. The van der Waals surface area contributed by atoms with Gasteiger partial charge in [-0.1, -0.05) is 25.4 Å². The smallest absolute Gasteiger partial charge is 0.272 e. The lowest BCUT2D eigenvalue weighted by Crippen LogP contribution is -2.18. The van der Waals surface area contributed by atoms with Gasteiger partial charge in [0.1, 0.15) is 0 Å². The molecule has 5 heteroatoms. The van der Waals surface area contributed by atoms with Crippen molar-refractivity contribution in [3.63, 3.8) is 0 Å². The molecule has 16 heavy (non-hydrogen) atoms. The van der Waals surface area contributed by atoms with Gasteiger partial charge in [-0.3, -0.25) is 10.1 Å². The Kier molecular flexibility index (Phi) is 4.26. The number of aliphatic hydroxyl groups excluding tert-OH is 1. The third-order valence-electron chi connectivity index (χ3n) is 2.44. The molecule has 0 bridgehead atoms. The zero-order chi connectivity index (χ0) is 12.3. The van der Waals surface area contributed by atoms with E-state index in [-0.39, 0.29) is 18.0 Å². The van der Waals surface area contributed by atoms with E-state index >= 15 is 0 Å². The molecule has 0 spiro atoms. The Morgan fingerprint density at radius 3 is 2.62 bits per heavy atom. The lowest BCUT2D eigenvalue weighted by molar-refractivity contribution is -0.385. The summed E-state index contributed by atoms with van der Waals surface area (Å²) in [6.07, 6.45) is -0.355. The minimum absolute atomic E-state index is 0.00380. The summed E-state index contributed by atoms with van der Waals surface area (Å²) in [5, 5.41) is 20.9. The van der Waals surface area contributed by atoms with Gasteiger partial charge in [0.05, 0.1) is 11.0 Å². The van der Waals surface area contributed by atoms with E-state index in [1.807, 2.05) is 13.8 Å². The number of hydrogen-bond donors (Lipinski definition) is 1. The molecule has 1 unspecified atom stereocenters. The van der Waals surface area contributed by atoms with Crippen LogP contribution >= 0.6 is 11.6 Å². The average molecular weight is 244 g/mol. The highest BCUT2D eigenvalue weighted by atomic mass is 35.5. The summed E-state index contributed by atoms with van der Waals surface area (Å²) in [4.78, 5) is 10.3. The van der Waals surface area contributed by atoms with Gasteiger partial charge in [-0.05, 0) is 18.1 Å². The molecular formula is C11H14ClNO3. The maximum Gasteiger partial charge on any atom is 0.272 e. The quantitative estimate of drug-likeness (QED) is 0.653. The second-order valence-corrected chi connectivity index (χ2v) is 4.48. The van der Waals surface area contributed by atoms with Crippen LogP contribution in [0.2, 0.25) is 5.02 Å². The van der Waals surface area contributed by atoms with Gasteiger partial charge in [0.25, 0.3) is 5.69 Å². The second kappa shape index (κ2) is 5.27. The van der Waals surface area contributed by atoms with Crippen LogP contribution in [0, 0.1) is 16.0 Å². The largest absolute Gasteiger partial charge is 0.393 e. The topological polar surface area (TPSA) is 63.4 Å². The highest BCUT2D eigenvalue weighted by Gasteiger charge is 2.18. The molecule has 0 aliphatic carbocycles. The van der Waals surface area contributed by atoms with Crippen LogP contribution in [0.15, 0.2) is 18.2 Å². The van der Waals surface area contributed by atoms with Crippen molar-refractivity contribution < 1.29 is 10.0 Å². The molecule has 0 heterocycles. The van der Waals surface area contributed by atoms with Gasteiger partial charge in [-0.2, -0.15) is 0 Å². The van der Waals surface area contributed by atoms with Gasteiger partial charge >= 0.3 is 0 Å². The van der Waals surface area contributed by atoms with Crippen molar-refractivity contribution in [3.05, 3.63) is 38.9 Å². The highest BCUT2D eigenvalue weighted by molar-refractivity contribution is 6.30. The summed E-state index contributed by atoms with van der Waals surface area (Å²) in [7, 11) is 0. The fourth-order valence-electron chi connectivity index (χ4n) is 1.36. The Morgan fingerprint density at radius 2 is 2.12 bits per heavy atom. The molecule has 88 valence electrons. The maximum absolute atomic E-state index is 10.8. The molecule has 0 saturated carbocycles. The molecule has 1 rings (SSSR count). The first kappa shape index (κ1) is 12.9. The molecule has 0 aromatic heterocycles. The predicted molar refractivity (Wildman–Crippen MR) is 62.7 cm³/mol. The molecule has 0 aliphatic heterocycles. The number of nitro groups is 1. The van der Waals surface area contributed by atoms with Crippen LogP contribution in [0.1, 0.15) is 19.4 Å². The lowest BCUT2D eigenvalue weighted by Gasteiger charge is -2.14. The van der Waals surface area contributed by atoms with Gasteiger partial charge in [-0.25, -0.2) is 0 Å². The number of benzene rings is 1. The van der Waals surface area contributed by atoms with Gasteiger partial charge in [-0.15, -0.1) is 0 Å². The van der Waals surface area contributed by atoms with Gasteiger partial charge in [0.15, 0.2) is 0 Å². The van der Waals surface area contributed by atoms with E-state index < -0.39 is 11.0 Å². The molecule has 1 N–H and O–H groups in total. The summed E-state index contributed by atoms with van der Waals surface area (Å²) in [6, 6.07) is 4.38. The van der Waals surface area contributed by atoms with Gasteiger partial charge in [0.2, 0.25) is 0 Å². The Labute approximate surface area is 99.0 Å². The lowest BCUT2D eigenvalue weighted by atomic mass is 9.98. The molecule has 1 aromatic rings. The van der Waals surface area contributed by atoms with Crippen LogP contribution in [0.5, 0.6) is 0 Å². The minimum Gasteiger partial charge on any atom is -0.393 e. The number of rotatable bonds is 4. The molecule has 0 saturated heterocycles. The van der Waals surface area contributed by atoms with Crippen molar-refractivity contribution in [2.24, 2.45) is 5.92 Å². The molecule has 1 aromatic carbocycles. The Morgan fingerprint density at radius 1 is 1.50 bits per heavy atom. The third-order valence-corrected chi connectivity index (χ3v) is 2.67. The Bertz CT molecular complexity index is 393. The maximum atomic E-state index is 10.8. The number of hydrogen-bond acceptors (Lipinski definition) is 3. The molecule has 1 atom stereocenters. The monoisotopic (exact) mass is 243 g/mol. The number of nitro benzene ring substituents is 1. The molecule has 0 fully saturated rings. The van der Waals surface area contributed by atoms with Crippen LogP contribution < -0.4 is 0 Å². The summed E-state index contributed by atoms with van der Waals surface area (Å²) < 4.78 is 0. The van der Waals surface area contributed by atoms with Crippen molar-refractivity contribution in [2.45, 2.75) is 26.4 Å². The van der Waals surface area contributed by atoms with Gasteiger partial charge in [0, 0.05) is 23.1 Å². The summed E-state index contributed by atoms with van der Waals surface area (Å²) >= 11 is 5.78. The SMILES string of the molecule is CC(C)C(O)Cc1cc(Cl)ccc1[N+](=O)[O-]. The summed E-state index contributed by atoms with van der Waals surface area (Å²) in [6.45, 7) is 3.72. The number of nitrogens with zero attached hydrogens (tertiary/aromatic N) is 1. The van der Waals surface area contributed by atoms with Crippen molar-refractivity contribution in [1.29, 1.82) is 0 Å². The van der Waals surface area contributed by atoms with E-state index in [9.17, 15) is 15.2 Å². The minimum atomic E-state index is -0.600. The first-order valence-electron chi connectivity index (χ1n) is 5.02. The second-order valence-electron chi connectivity index (χ2n) is 4.05. The highest BCUT2D eigenvalue weighted by Crippen LogP contribution is 2.25. The van der Waals surface area contributed by atoms with E-state index in [1.54, 1.807) is 0 Å². The predicted octanol–water partition coefficient (Wildman–Crippen LogP) is 2.81. The Balaban J connectivity index is 3.01. The Hall–Kier alpha value is -1.13. The van der Waals surface area contributed by atoms with Crippen molar-refractivity contribution >= 4 is 17.3 Å². The molecule has 0 radical (unpaired) electrons. The standard InChI is InChI=1S/C11H14ClNO3/c1-7(2)11(14)6-8-5-9(12)3-4-10(8)13(15)16/h3-5,7,11,14H,6H2,1-2H3. The van der Waals surface area contributed by atoms with Crippen LogP contribution in [0.4, 0.5) is 5.69 Å². The van der Waals surface area contributed by atoms with E-state index in [2.05, 4.69) is 0 Å². The first-order chi connectivity index (χ1) is 7.41. The van der Waals surface area contributed by atoms with E-state index in [4.69, 9.17) is 11.6 Å². The van der Waals surface area contributed by atoms with Crippen LogP contribution in [-0.4, -0.2) is 16.1 Å². The third kappa shape index (κ3) is 3.18. The van der Waals surface area contributed by atoms with Crippen molar-refractivity contribution in [3.8, 4) is 0 Å². The zero-order valence-electron chi connectivity index (χ0n) is 9.18. The summed E-state index contributed by atoms with van der Waals surface area (Å²) in [5.41, 5.74) is 0.475. The average Bonchev–Trinajstić information content (AvgIpc) is 2.16. The molecule has 0 amide bonds. The van der Waals surface area contributed by atoms with E-state index in [0.717, 1.165) is 0 Å². The number of halogens is 1. The zero-order valence-corrected chi connectivity index (χ0v) is 9.94. The first-order valence-corrected chi connectivity index (χ1v) is 5.40. The van der Waals surface area contributed by atoms with Crippen LogP contribution in [0.25, 0.3) is 0 Å². The van der Waals surface area contributed by atoms with Crippen LogP contribution in [0.3, 0.4) is 0 Å². The van der Waals surface area contributed by atoms with Crippen molar-refractivity contribution in [2.75, 3.05) is 0 Å². The van der Waals surface area contributed by atoms with Gasteiger partial charge < -0.3 is 5.11 Å². The fraction of sp³-hybridized carbons (Fsp3) is 0.455. The molecule has 0 aliphatic rings.